The molecular formula is C16H19F2NO4. The van der Waals surface area contributed by atoms with Crippen LogP contribution in [0.1, 0.15) is 28.8 Å². The third-order valence-electron chi connectivity index (χ3n) is 4.13. The number of hydrogen-bond acceptors (Lipinski definition) is 3. The Bertz CT molecular complexity index is 600. The molecule has 2 N–H and O–H groups in total. The fraction of sp³-hybridized carbons (Fsp3) is 0.500. The van der Waals surface area contributed by atoms with Crippen LogP contribution in [0.25, 0.3) is 0 Å². The maximum atomic E-state index is 13.8. The van der Waals surface area contributed by atoms with E-state index in [1.807, 2.05) is 0 Å². The van der Waals surface area contributed by atoms with Crippen LogP contribution in [0, 0.1) is 30.4 Å². The smallest absolute Gasteiger partial charge is 0.308 e. The zero-order valence-electron chi connectivity index (χ0n) is 12.8. The number of nitrogens with one attached hydrogen (secondary N) is 1. The van der Waals surface area contributed by atoms with Crippen molar-refractivity contribution >= 4 is 11.9 Å². The lowest BCUT2D eigenvalue weighted by Gasteiger charge is -2.27. The highest BCUT2D eigenvalue weighted by atomic mass is 19.1. The average Bonchev–Trinajstić information content (AvgIpc) is 2.51. The normalized spacial score (nSPS) is 16.8. The number of carbonyl (C=O) groups excluding carboxylic acids is 1. The van der Waals surface area contributed by atoms with E-state index in [4.69, 9.17) is 4.74 Å². The van der Waals surface area contributed by atoms with Crippen LogP contribution in [0.5, 0.6) is 0 Å². The fourth-order valence-corrected chi connectivity index (χ4v) is 2.69. The summed E-state index contributed by atoms with van der Waals surface area (Å²) < 4.78 is 32.4. The fourth-order valence-electron chi connectivity index (χ4n) is 2.69. The van der Waals surface area contributed by atoms with Crippen molar-refractivity contribution in [1.82, 2.24) is 5.32 Å². The Hall–Kier alpha value is -2.02. The molecule has 0 radical (unpaired) electrons. The highest BCUT2D eigenvalue weighted by Crippen LogP contribution is 2.24. The summed E-state index contributed by atoms with van der Waals surface area (Å²) in [6.45, 7) is 2.24. The summed E-state index contributed by atoms with van der Waals surface area (Å²) in [5, 5.41) is 11.7. The summed E-state index contributed by atoms with van der Waals surface area (Å²) in [6, 6.07) is 1.77. The highest BCUT2D eigenvalue weighted by molar-refractivity contribution is 5.94. The third kappa shape index (κ3) is 4.25. The number of ether oxygens (including phenoxy) is 1. The molecule has 1 fully saturated rings. The Morgan fingerprint density at radius 1 is 1.30 bits per heavy atom. The van der Waals surface area contributed by atoms with E-state index in [0.717, 1.165) is 12.1 Å². The maximum absolute atomic E-state index is 13.8. The first-order chi connectivity index (χ1) is 10.9. The van der Waals surface area contributed by atoms with Gasteiger partial charge in [0.05, 0.1) is 11.5 Å². The molecule has 23 heavy (non-hydrogen) atoms. The quantitative estimate of drug-likeness (QED) is 0.869. The molecule has 1 amide bonds. The molecule has 2 rings (SSSR count). The predicted molar refractivity (Wildman–Crippen MR) is 78.1 cm³/mol. The third-order valence-corrected chi connectivity index (χ3v) is 4.13. The van der Waals surface area contributed by atoms with Crippen molar-refractivity contribution in [2.75, 3.05) is 19.8 Å². The molecule has 1 heterocycles. The molecule has 0 bridgehead atoms. The first kappa shape index (κ1) is 17.3. The topological polar surface area (TPSA) is 75.6 Å². The van der Waals surface area contributed by atoms with Gasteiger partial charge in [0.2, 0.25) is 0 Å². The zero-order chi connectivity index (χ0) is 17.0. The van der Waals surface area contributed by atoms with Gasteiger partial charge < -0.3 is 15.2 Å². The first-order valence-corrected chi connectivity index (χ1v) is 7.44. The number of benzene rings is 1. The van der Waals surface area contributed by atoms with Gasteiger partial charge in [-0.15, -0.1) is 0 Å². The van der Waals surface area contributed by atoms with Gasteiger partial charge in [-0.3, -0.25) is 9.59 Å². The van der Waals surface area contributed by atoms with E-state index in [2.05, 4.69) is 5.32 Å². The van der Waals surface area contributed by atoms with Gasteiger partial charge >= 0.3 is 5.97 Å². The molecule has 1 aliphatic heterocycles. The van der Waals surface area contributed by atoms with Crippen LogP contribution < -0.4 is 5.32 Å². The van der Waals surface area contributed by atoms with Gasteiger partial charge in [-0.1, -0.05) is 0 Å². The van der Waals surface area contributed by atoms with Crippen LogP contribution in [0.15, 0.2) is 12.1 Å². The summed E-state index contributed by atoms with van der Waals surface area (Å²) in [4.78, 5) is 23.4. The van der Waals surface area contributed by atoms with Crippen molar-refractivity contribution in [1.29, 1.82) is 0 Å². The lowest BCUT2D eigenvalue weighted by molar-refractivity contribution is -0.144. The molecule has 5 nitrogen and oxygen atoms in total. The molecular weight excluding hydrogens is 308 g/mol. The number of rotatable bonds is 5. The highest BCUT2D eigenvalue weighted by Gasteiger charge is 2.30. The van der Waals surface area contributed by atoms with Crippen LogP contribution in [0.2, 0.25) is 0 Å². The van der Waals surface area contributed by atoms with Gasteiger partial charge in [0.15, 0.2) is 0 Å². The molecule has 126 valence electrons. The Kier molecular flexibility index (Phi) is 5.65. The summed E-state index contributed by atoms with van der Waals surface area (Å²) in [7, 11) is 0. The van der Waals surface area contributed by atoms with E-state index in [1.54, 1.807) is 0 Å². The Balaban J connectivity index is 2.04. The molecule has 1 aromatic carbocycles. The van der Waals surface area contributed by atoms with Gasteiger partial charge in [0.1, 0.15) is 11.6 Å². The average molecular weight is 327 g/mol. The van der Waals surface area contributed by atoms with Crippen molar-refractivity contribution in [3.8, 4) is 0 Å². The number of carboxylic acids is 1. The van der Waals surface area contributed by atoms with Gasteiger partial charge in [-0.25, -0.2) is 8.78 Å². The van der Waals surface area contributed by atoms with Crippen LogP contribution in [0.3, 0.4) is 0 Å². The summed E-state index contributed by atoms with van der Waals surface area (Å²) in [6.07, 6.45) is 1.20. The van der Waals surface area contributed by atoms with E-state index in [1.165, 1.54) is 6.92 Å². The van der Waals surface area contributed by atoms with Crippen molar-refractivity contribution in [2.24, 2.45) is 11.8 Å². The molecule has 7 heteroatoms. The van der Waals surface area contributed by atoms with E-state index >= 15 is 0 Å². The standard InChI is InChI=1S/C16H19F2NO4/c1-9-6-14(18)11(7-13(9)17)15(20)19-8-12(16(21)22)10-2-4-23-5-3-10/h6-7,10,12H,2-5,8H2,1H3,(H,19,20)(H,21,22). The van der Waals surface area contributed by atoms with Crippen LogP contribution >= 0.6 is 0 Å². The maximum Gasteiger partial charge on any atom is 0.308 e. The second-order valence-electron chi connectivity index (χ2n) is 5.69. The molecule has 1 saturated heterocycles. The zero-order valence-corrected chi connectivity index (χ0v) is 12.8. The van der Waals surface area contributed by atoms with Crippen LogP contribution in [-0.4, -0.2) is 36.7 Å². The lowest BCUT2D eigenvalue weighted by Crippen LogP contribution is -2.39. The second-order valence-corrected chi connectivity index (χ2v) is 5.69. The summed E-state index contributed by atoms with van der Waals surface area (Å²) in [5.41, 5.74) is -0.325. The number of hydrogen-bond donors (Lipinski definition) is 2. The molecule has 1 aliphatic rings. The molecule has 0 aromatic heterocycles. The Morgan fingerprint density at radius 3 is 2.57 bits per heavy atom. The molecule has 0 saturated carbocycles. The summed E-state index contributed by atoms with van der Waals surface area (Å²) >= 11 is 0. The number of carbonyl (C=O) groups is 2. The van der Waals surface area contributed by atoms with Crippen molar-refractivity contribution in [3.63, 3.8) is 0 Å². The molecule has 1 atom stereocenters. The van der Waals surface area contributed by atoms with Crippen LogP contribution in [0.4, 0.5) is 8.78 Å². The number of carboxylic acid groups (broad SMARTS) is 1. The minimum atomic E-state index is -1.02. The van der Waals surface area contributed by atoms with Gasteiger partial charge in [0.25, 0.3) is 5.91 Å². The monoisotopic (exact) mass is 327 g/mol. The Morgan fingerprint density at radius 2 is 1.96 bits per heavy atom. The number of aryl methyl sites for hydroxylation is 1. The largest absolute Gasteiger partial charge is 0.481 e. The second kappa shape index (κ2) is 7.50. The van der Waals surface area contributed by atoms with Gasteiger partial charge in [-0.05, 0) is 43.4 Å². The lowest BCUT2D eigenvalue weighted by atomic mass is 9.86. The van der Waals surface area contributed by atoms with Gasteiger partial charge in [-0.2, -0.15) is 0 Å². The van der Waals surface area contributed by atoms with Gasteiger partial charge in [0, 0.05) is 19.8 Å². The number of halogens is 2. The van der Waals surface area contributed by atoms with E-state index in [0.29, 0.717) is 26.1 Å². The number of amides is 1. The van der Waals surface area contributed by atoms with Crippen molar-refractivity contribution in [3.05, 3.63) is 34.9 Å². The minimum absolute atomic E-state index is 0.102. The van der Waals surface area contributed by atoms with Crippen molar-refractivity contribution in [2.45, 2.75) is 19.8 Å². The molecule has 1 aromatic rings. The van der Waals surface area contributed by atoms with E-state index in [9.17, 15) is 23.5 Å². The van der Waals surface area contributed by atoms with Crippen molar-refractivity contribution < 1.29 is 28.2 Å². The minimum Gasteiger partial charge on any atom is -0.481 e. The Labute approximate surface area is 132 Å². The van der Waals surface area contributed by atoms with Crippen LogP contribution in [-0.2, 0) is 9.53 Å². The number of aliphatic carboxylic acids is 1. The van der Waals surface area contributed by atoms with E-state index < -0.39 is 35.0 Å². The van der Waals surface area contributed by atoms with E-state index in [-0.39, 0.29) is 18.0 Å². The predicted octanol–water partition coefficient (Wildman–Crippen LogP) is 2.13. The summed E-state index contributed by atoms with van der Waals surface area (Å²) in [5.74, 6) is -4.25. The SMILES string of the molecule is Cc1cc(F)c(C(=O)NCC(C(=O)O)C2CCOCC2)cc1F. The molecule has 0 aliphatic carbocycles. The molecule has 1 unspecified atom stereocenters. The molecule has 0 spiro atoms. The first-order valence-electron chi connectivity index (χ1n) is 7.44.